The van der Waals surface area contributed by atoms with Crippen molar-refractivity contribution < 1.29 is 18.7 Å². The number of halogens is 1. The van der Waals surface area contributed by atoms with Gasteiger partial charge in [-0.1, -0.05) is 0 Å². The number of carbonyl (C=O) groups excluding carboxylic acids is 1. The Kier molecular flexibility index (Phi) is 3.06. The molecular formula is C10H11FO3. The first-order chi connectivity index (χ1) is 6.65. The lowest BCUT2D eigenvalue weighted by Gasteiger charge is -2.12. The van der Waals surface area contributed by atoms with Crippen LogP contribution in [0.2, 0.25) is 0 Å². The number of benzene rings is 1. The zero-order valence-electron chi connectivity index (χ0n) is 8.26. The van der Waals surface area contributed by atoms with E-state index in [9.17, 15) is 9.18 Å². The van der Waals surface area contributed by atoms with Gasteiger partial charge in [0, 0.05) is 11.6 Å². The highest BCUT2D eigenvalue weighted by molar-refractivity contribution is 5.80. The molecule has 0 fully saturated rings. The van der Waals surface area contributed by atoms with Crippen molar-refractivity contribution in [2.75, 3.05) is 14.2 Å². The maximum atomic E-state index is 13.2. The number of rotatable bonds is 3. The lowest BCUT2D eigenvalue weighted by molar-refractivity contribution is 0.111. The monoisotopic (exact) mass is 198 g/mol. The van der Waals surface area contributed by atoms with Crippen LogP contribution >= 0.6 is 0 Å². The van der Waals surface area contributed by atoms with Gasteiger partial charge in [-0.15, -0.1) is 0 Å². The normalized spacial score (nSPS) is 9.71. The smallest absolute Gasteiger partial charge is 0.164 e. The predicted octanol–water partition coefficient (Wildman–Crippen LogP) is 1.96. The van der Waals surface area contributed by atoms with Gasteiger partial charge < -0.3 is 9.47 Å². The quantitative estimate of drug-likeness (QED) is 0.696. The van der Waals surface area contributed by atoms with Crippen LogP contribution in [-0.4, -0.2) is 20.5 Å². The molecule has 14 heavy (non-hydrogen) atoms. The molecule has 1 aromatic carbocycles. The molecule has 0 atom stereocenters. The molecule has 0 bridgehead atoms. The number of aldehydes is 1. The first-order valence-electron chi connectivity index (χ1n) is 4.02. The highest BCUT2D eigenvalue weighted by Crippen LogP contribution is 2.33. The summed E-state index contributed by atoms with van der Waals surface area (Å²) >= 11 is 0. The van der Waals surface area contributed by atoms with Crippen molar-refractivity contribution >= 4 is 6.29 Å². The van der Waals surface area contributed by atoms with E-state index in [1.54, 1.807) is 6.92 Å². The highest BCUT2D eigenvalue weighted by Gasteiger charge is 2.15. The molecule has 4 heteroatoms. The molecule has 76 valence electrons. The Hall–Kier alpha value is -1.58. The van der Waals surface area contributed by atoms with Crippen molar-refractivity contribution in [1.82, 2.24) is 0 Å². The zero-order valence-corrected chi connectivity index (χ0v) is 8.26. The van der Waals surface area contributed by atoms with E-state index >= 15 is 0 Å². The van der Waals surface area contributed by atoms with Crippen molar-refractivity contribution in [3.8, 4) is 11.5 Å². The first-order valence-corrected chi connectivity index (χ1v) is 4.02. The largest absolute Gasteiger partial charge is 0.493 e. The second-order valence-electron chi connectivity index (χ2n) is 2.75. The number of ether oxygens (including phenoxy) is 2. The summed E-state index contributed by atoms with van der Waals surface area (Å²) in [5.74, 6) is 0.0688. The molecule has 0 spiro atoms. The molecule has 1 rings (SSSR count). The summed E-state index contributed by atoms with van der Waals surface area (Å²) in [6.45, 7) is 1.61. The molecule has 0 saturated heterocycles. The van der Waals surface area contributed by atoms with Crippen molar-refractivity contribution in [3.63, 3.8) is 0 Å². The van der Waals surface area contributed by atoms with Gasteiger partial charge in [0.2, 0.25) is 0 Å². The Labute approximate surface area is 81.4 Å². The molecule has 0 aliphatic heterocycles. The standard InChI is InChI=1S/C10H11FO3/c1-6-7(5-12)8(11)4-9(13-2)10(6)14-3/h4-5H,1-3H3. The molecule has 1 aromatic rings. The Morgan fingerprint density at radius 2 is 2.00 bits per heavy atom. The summed E-state index contributed by atoms with van der Waals surface area (Å²) in [6, 6.07) is 1.13. The van der Waals surface area contributed by atoms with E-state index in [0.717, 1.165) is 6.07 Å². The van der Waals surface area contributed by atoms with Gasteiger partial charge in [-0.05, 0) is 6.92 Å². The Morgan fingerprint density at radius 1 is 1.36 bits per heavy atom. The summed E-state index contributed by atoms with van der Waals surface area (Å²) in [4.78, 5) is 10.6. The summed E-state index contributed by atoms with van der Waals surface area (Å²) in [7, 11) is 2.86. The van der Waals surface area contributed by atoms with Gasteiger partial charge in [-0.3, -0.25) is 4.79 Å². The SMILES string of the molecule is COc1cc(F)c(C=O)c(C)c1OC. The second kappa shape index (κ2) is 4.09. The predicted molar refractivity (Wildman–Crippen MR) is 49.6 cm³/mol. The third-order valence-corrected chi connectivity index (χ3v) is 2.03. The minimum absolute atomic E-state index is 0.00245. The van der Waals surface area contributed by atoms with E-state index in [-0.39, 0.29) is 11.3 Å². The Balaban J connectivity index is 3.46. The highest BCUT2D eigenvalue weighted by atomic mass is 19.1. The molecular weight excluding hydrogens is 187 g/mol. The van der Waals surface area contributed by atoms with Gasteiger partial charge in [0.1, 0.15) is 5.82 Å². The van der Waals surface area contributed by atoms with Crippen molar-refractivity contribution in [2.45, 2.75) is 6.92 Å². The average molecular weight is 198 g/mol. The number of carbonyl (C=O) groups is 1. The molecule has 0 heterocycles. The van der Waals surface area contributed by atoms with Gasteiger partial charge in [-0.2, -0.15) is 0 Å². The fourth-order valence-electron chi connectivity index (χ4n) is 1.29. The minimum atomic E-state index is -0.602. The maximum absolute atomic E-state index is 13.2. The zero-order chi connectivity index (χ0) is 10.7. The maximum Gasteiger partial charge on any atom is 0.164 e. The third kappa shape index (κ3) is 1.55. The summed E-state index contributed by atoms with van der Waals surface area (Å²) in [5.41, 5.74) is 0.446. The molecule has 0 N–H and O–H groups in total. The Bertz CT molecular complexity index is 361. The molecule has 0 aliphatic rings. The molecule has 0 saturated carbocycles. The van der Waals surface area contributed by atoms with Crippen LogP contribution in [0, 0.1) is 12.7 Å². The first kappa shape index (κ1) is 10.5. The summed E-state index contributed by atoms with van der Waals surface area (Å²) in [6.07, 6.45) is 0.465. The third-order valence-electron chi connectivity index (χ3n) is 2.03. The van der Waals surface area contributed by atoms with Crippen LogP contribution < -0.4 is 9.47 Å². The van der Waals surface area contributed by atoms with Gasteiger partial charge in [0.05, 0.1) is 19.8 Å². The van der Waals surface area contributed by atoms with Crippen molar-refractivity contribution in [2.24, 2.45) is 0 Å². The topological polar surface area (TPSA) is 35.5 Å². The molecule has 0 radical (unpaired) electrons. The van der Waals surface area contributed by atoms with Gasteiger partial charge >= 0.3 is 0 Å². The van der Waals surface area contributed by atoms with E-state index in [0.29, 0.717) is 17.6 Å². The lowest BCUT2D eigenvalue weighted by Crippen LogP contribution is -2.00. The molecule has 0 aromatic heterocycles. The van der Waals surface area contributed by atoms with E-state index < -0.39 is 5.82 Å². The van der Waals surface area contributed by atoms with Crippen LogP contribution in [0.15, 0.2) is 6.07 Å². The van der Waals surface area contributed by atoms with Crippen LogP contribution in [-0.2, 0) is 0 Å². The van der Waals surface area contributed by atoms with Crippen LogP contribution in [0.25, 0.3) is 0 Å². The van der Waals surface area contributed by atoms with Crippen LogP contribution in [0.1, 0.15) is 15.9 Å². The molecule has 0 aliphatic carbocycles. The van der Waals surface area contributed by atoms with Crippen LogP contribution in [0.5, 0.6) is 11.5 Å². The fourth-order valence-corrected chi connectivity index (χ4v) is 1.29. The lowest BCUT2D eigenvalue weighted by atomic mass is 10.1. The number of methoxy groups -OCH3 is 2. The Morgan fingerprint density at radius 3 is 2.43 bits per heavy atom. The van der Waals surface area contributed by atoms with Gasteiger partial charge in [-0.25, -0.2) is 4.39 Å². The van der Waals surface area contributed by atoms with Crippen molar-refractivity contribution in [1.29, 1.82) is 0 Å². The number of hydrogen-bond acceptors (Lipinski definition) is 3. The van der Waals surface area contributed by atoms with E-state index in [1.807, 2.05) is 0 Å². The number of hydrogen-bond donors (Lipinski definition) is 0. The molecule has 0 unspecified atom stereocenters. The van der Waals surface area contributed by atoms with Gasteiger partial charge in [0.25, 0.3) is 0 Å². The van der Waals surface area contributed by atoms with E-state index in [4.69, 9.17) is 9.47 Å². The van der Waals surface area contributed by atoms with Crippen molar-refractivity contribution in [3.05, 3.63) is 23.0 Å². The van der Waals surface area contributed by atoms with Crippen LogP contribution in [0.4, 0.5) is 4.39 Å². The fraction of sp³-hybridized carbons (Fsp3) is 0.300. The second-order valence-corrected chi connectivity index (χ2v) is 2.75. The summed E-state index contributed by atoms with van der Waals surface area (Å²) in [5, 5.41) is 0. The van der Waals surface area contributed by atoms with E-state index in [2.05, 4.69) is 0 Å². The van der Waals surface area contributed by atoms with Crippen LogP contribution in [0.3, 0.4) is 0 Å². The average Bonchev–Trinajstić information content (AvgIpc) is 2.17. The van der Waals surface area contributed by atoms with Gasteiger partial charge in [0.15, 0.2) is 17.8 Å². The summed E-state index contributed by atoms with van der Waals surface area (Å²) < 4.78 is 23.2. The minimum Gasteiger partial charge on any atom is -0.493 e. The van der Waals surface area contributed by atoms with E-state index in [1.165, 1.54) is 14.2 Å². The molecule has 3 nitrogen and oxygen atoms in total. The molecule has 0 amide bonds.